The Kier molecular flexibility index (Phi) is 3.82. The summed E-state index contributed by atoms with van der Waals surface area (Å²) >= 11 is 0. The number of hydrogen-bond donors (Lipinski definition) is 0. The Hall–Kier alpha value is -2.24. The van der Waals surface area contributed by atoms with E-state index >= 15 is 0 Å². The molecule has 1 amide bonds. The van der Waals surface area contributed by atoms with Crippen molar-refractivity contribution in [1.29, 1.82) is 0 Å². The van der Waals surface area contributed by atoms with Gasteiger partial charge < -0.3 is 9.47 Å². The van der Waals surface area contributed by atoms with Gasteiger partial charge in [0.2, 0.25) is 5.91 Å². The zero-order valence-electron chi connectivity index (χ0n) is 13.7. The van der Waals surface area contributed by atoms with Crippen molar-refractivity contribution in [3.8, 4) is 0 Å². The van der Waals surface area contributed by atoms with Crippen LogP contribution >= 0.6 is 0 Å². The van der Waals surface area contributed by atoms with Gasteiger partial charge in [-0.2, -0.15) is 0 Å². The molecule has 0 spiro atoms. The number of nitrogens with zero attached hydrogens (tertiary/aromatic N) is 4. The zero-order chi connectivity index (χ0) is 16.7. The quantitative estimate of drug-likeness (QED) is 0.870. The van der Waals surface area contributed by atoms with E-state index in [-0.39, 0.29) is 23.6 Å². The number of halogens is 1. The third kappa shape index (κ3) is 2.81. The second-order valence-electron chi connectivity index (χ2n) is 6.90. The molecule has 5 nitrogen and oxygen atoms in total. The Balaban J connectivity index is 1.34. The van der Waals surface area contributed by atoms with Gasteiger partial charge in [-0.1, -0.05) is 12.1 Å². The maximum Gasteiger partial charge on any atom is 0.226 e. The molecule has 2 aliphatic rings. The molecule has 2 unspecified atom stereocenters. The van der Waals surface area contributed by atoms with E-state index in [1.807, 2.05) is 16.5 Å². The smallest absolute Gasteiger partial charge is 0.226 e. The van der Waals surface area contributed by atoms with Crippen LogP contribution in [0.15, 0.2) is 30.6 Å². The SMILES string of the molecule is Cn1cnnc1C1CCN(C(=O)C2CC2c2ccc(F)cc2)CC1. The predicted molar refractivity (Wildman–Crippen MR) is 86.8 cm³/mol. The Bertz CT molecular complexity index is 734. The molecule has 1 aliphatic heterocycles. The molecule has 4 rings (SSSR count). The van der Waals surface area contributed by atoms with Gasteiger partial charge in [-0.25, -0.2) is 4.39 Å². The van der Waals surface area contributed by atoms with Crippen molar-refractivity contribution in [3.05, 3.63) is 47.8 Å². The van der Waals surface area contributed by atoms with Gasteiger partial charge in [0, 0.05) is 32.0 Å². The van der Waals surface area contributed by atoms with E-state index in [9.17, 15) is 9.18 Å². The topological polar surface area (TPSA) is 51.0 Å². The molecule has 0 radical (unpaired) electrons. The van der Waals surface area contributed by atoms with Gasteiger partial charge >= 0.3 is 0 Å². The van der Waals surface area contributed by atoms with Gasteiger partial charge in [0.05, 0.1) is 0 Å². The average Bonchev–Trinajstić information content (AvgIpc) is 3.29. The number of aromatic nitrogens is 3. The number of amides is 1. The van der Waals surface area contributed by atoms with Crippen molar-refractivity contribution in [3.63, 3.8) is 0 Å². The molecule has 2 heterocycles. The van der Waals surface area contributed by atoms with Crippen LogP contribution in [-0.2, 0) is 11.8 Å². The molecule has 2 aromatic rings. The summed E-state index contributed by atoms with van der Waals surface area (Å²) in [6.45, 7) is 1.56. The van der Waals surface area contributed by atoms with E-state index in [2.05, 4.69) is 10.2 Å². The van der Waals surface area contributed by atoms with Crippen LogP contribution in [0.25, 0.3) is 0 Å². The monoisotopic (exact) mass is 328 g/mol. The molecule has 0 bridgehead atoms. The van der Waals surface area contributed by atoms with E-state index in [0.29, 0.717) is 5.92 Å². The van der Waals surface area contributed by atoms with Gasteiger partial charge in [-0.15, -0.1) is 10.2 Å². The van der Waals surface area contributed by atoms with Crippen molar-refractivity contribution in [2.24, 2.45) is 13.0 Å². The normalized spacial score (nSPS) is 24.2. The van der Waals surface area contributed by atoms with Crippen molar-refractivity contribution in [2.75, 3.05) is 13.1 Å². The predicted octanol–water partition coefficient (Wildman–Crippen LogP) is 2.46. The van der Waals surface area contributed by atoms with Gasteiger partial charge in [0.25, 0.3) is 0 Å². The lowest BCUT2D eigenvalue weighted by Crippen LogP contribution is -2.39. The first-order chi connectivity index (χ1) is 11.6. The van der Waals surface area contributed by atoms with E-state index in [0.717, 1.165) is 43.7 Å². The Labute approximate surface area is 140 Å². The van der Waals surface area contributed by atoms with Crippen LogP contribution in [0.1, 0.15) is 42.5 Å². The summed E-state index contributed by atoms with van der Waals surface area (Å²) in [5, 5.41) is 8.14. The van der Waals surface area contributed by atoms with Crippen LogP contribution < -0.4 is 0 Å². The number of carbonyl (C=O) groups excluding carboxylic acids is 1. The number of hydrogen-bond acceptors (Lipinski definition) is 3. The summed E-state index contributed by atoms with van der Waals surface area (Å²) in [4.78, 5) is 14.7. The van der Waals surface area contributed by atoms with Crippen molar-refractivity contribution in [1.82, 2.24) is 19.7 Å². The second kappa shape index (κ2) is 6.00. The molecule has 1 aromatic heterocycles. The highest BCUT2D eigenvalue weighted by atomic mass is 19.1. The molecule has 0 N–H and O–H groups in total. The number of likely N-dealkylation sites (tertiary alicyclic amines) is 1. The van der Waals surface area contributed by atoms with Crippen molar-refractivity contribution in [2.45, 2.75) is 31.1 Å². The van der Waals surface area contributed by atoms with Crippen LogP contribution in [0, 0.1) is 11.7 Å². The summed E-state index contributed by atoms with van der Waals surface area (Å²) < 4.78 is 15.0. The largest absolute Gasteiger partial charge is 0.342 e. The number of aryl methyl sites for hydroxylation is 1. The highest BCUT2D eigenvalue weighted by Crippen LogP contribution is 2.48. The third-order valence-electron chi connectivity index (χ3n) is 5.32. The highest BCUT2D eigenvalue weighted by Gasteiger charge is 2.46. The molecule has 6 heteroatoms. The standard InChI is InChI=1S/C18H21FN4O/c1-22-11-20-21-17(22)13-6-8-23(9-7-13)18(24)16-10-15(16)12-2-4-14(19)5-3-12/h2-5,11,13,15-16H,6-10H2,1H3. The average molecular weight is 328 g/mol. The summed E-state index contributed by atoms with van der Waals surface area (Å²) in [6, 6.07) is 6.55. The Morgan fingerprint density at radius 2 is 1.92 bits per heavy atom. The Morgan fingerprint density at radius 1 is 1.21 bits per heavy atom. The number of benzene rings is 1. The first-order valence-electron chi connectivity index (χ1n) is 8.51. The van der Waals surface area contributed by atoms with Crippen LogP contribution in [0.2, 0.25) is 0 Å². The first kappa shape index (κ1) is 15.3. The lowest BCUT2D eigenvalue weighted by molar-refractivity contribution is -0.133. The van der Waals surface area contributed by atoms with E-state index in [1.54, 1.807) is 18.5 Å². The van der Waals surface area contributed by atoms with Crippen molar-refractivity contribution < 1.29 is 9.18 Å². The van der Waals surface area contributed by atoms with E-state index in [1.165, 1.54) is 12.1 Å². The summed E-state index contributed by atoms with van der Waals surface area (Å²) in [5.74, 6) is 1.75. The molecule has 2 atom stereocenters. The molecule has 126 valence electrons. The van der Waals surface area contributed by atoms with Crippen LogP contribution in [0.3, 0.4) is 0 Å². The van der Waals surface area contributed by atoms with E-state index < -0.39 is 0 Å². The summed E-state index contributed by atoms with van der Waals surface area (Å²) in [6.07, 6.45) is 4.48. The summed E-state index contributed by atoms with van der Waals surface area (Å²) in [7, 11) is 1.96. The lowest BCUT2D eigenvalue weighted by Gasteiger charge is -2.31. The molecular weight excluding hydrogens is 307 g/mol. The van der Waals surface area contributed by atoms with Crippen LogP contribution in [0.4, 0.5) is 4.39 Å². The lowest BCUT2D eigenvalue weighted by atomic mass is 9.95. The number of piperidine rings is 1. The molecular formula is C18H21FN4O. The fourth-order valence-electron chi connectivity index (χ4n) is 3.80. The number of rotatable bonds is 3. The first-order valence-corrected chi connectivity index (χ1v) is 8.51. The molecule has 2 fully saturated rings. The minimum Gasteiger partial charge on any atom is -0.342 e. The molecule has 1 saturated carbocycles. The minimum absolute atomic E-state index is 0.0711. The fourth-order valence-corrected chi connectivity index (χ4v) is 3.80. The summed E-state index contributed by atoms with van der Waals surface area (Å²) in [5.41, 5.74) is 1.07. The fraction of sp³-hybridized carbons (Fsp3) is 0.500. The van der Waals surface area contributed by atoms with Gasteiger partial charge in [-0.3, -0.25) is 4.79 Å². The third-order valence-corrected chi connectivity index (χ3v) is 5.32. The van der Waals surface area contributed by atoms with Gasteiger partial charge in [0.1, 0.15) is 18.0 Å². The van der Waals surface area contributed by atoms with Crippen molar-refractivity contribution >= 4 is 5.91 Å². The highest BCUT2D eigenvalue weighted by molar-refractivity contribution is 5.83. The maximum absolute atomic E-state index is 13.0. The molecule has 1 aliphatic carbocycles. The zero-order valence-corrected chi connectivity index (χ0v) is 13.7. The number of carbonyl (C=O) groups is 1. The van der Waals surface area contributed by atoms with Gasteiger partial charge in [-0.05, 0) is 42.9 Å². The molecule has 24 heavy (non-hydrogen) atoms. The maximum atomic E-state index is 13.0. The molecule has 1 aromatic carbocycles. The molecule has 1 saturated heterocycles. The van der Waals surface area contributed by atoms with E-state index in [4.69, 9.17) is 0 Å². The van der Waals surface area contributed by atoms with Crippen LogP contribution in [-0.4, -0.2) is 38.7 Å². The van der Waals surface area contributed by atoms with Crippen LogP contribution in [0.5, 0.6) is 0 Å². The minimum atomic E-state index is -0.229. The Morgan fingerprint density at radius 3 is 2.54 bits per heavy atom. The second-order valence-corrected chi connectivity index (χ2v) is 6.90. The van der Waals surface area contributed by atoms with Gasteiger partial charge in [0.15, 0.2) is 0 Å².